The van der Waals surface area contributed by atoms with Gasteiger partial charge in [0.15, 0.2) is 0 Å². The fourth-order valence-corrected chi connectivity index (χ4v) is 4.41. The van der Waals surface area contributed by atoms with Crippen LogP contribution < -0.4 is 15.4 Å². The summed E-state index contributed by atoms with van der Waals surface area (Å²) in [5.74, 6) is -5.80. The number of fused-ring (bicyclic) bond motifs is 1. The molecule has 11 heteroatoms. The summed E-state index contributed by atoms with van der Waals surface area (Å²) in [5, 5.41) is 5.15. The van der Waals surface area contributed by atoms with E-state index in [1.54, 1.807) is 31.3 Å². The molecule has 0 saturated carbocycles. The molecule has 2 aliphatic rings. The molecule has 8 nitrogen and oxygen atoms in total. The molecule has 4 rings (SSSR count). The van der Waals surface area contributed by atoms with E-state index in [2.05, 4.69) is 33.2 Å². The van der Waals surface area contributed by atoms with E-state index in [-0.39, 0.29) is 49.8 Å². The number of hydrogen-bond acceptors (Lipinski definition) is 6. The zero-order chi connectivity index (χ0) is 27.9. The summed E-state index contributed by atoms with van der Waals surface area (Å²) in [6, 6.07) is 9.57. The van der Waals surface area contributed by atoms with E-state index in [0.29, 0.717) is 29.8 Å². The molecule has 2 aliphatic heterocycles. The van der Waals surface area contributed by atoms with Gasteiger partial charge in [0.05, 0.1) is 0 Å². The largest absolute Gasteiger partial charge is 0.492 e. The van der Waals surface area contributed by atoms with Gasteiger partial charge in [0.1, 0.15) is 18.4 Å². The van der Waals surface area contributed by atoms with Crippen molar-refractivity contribution in [2.45, 2.75) is 44.2 Å². The Kier molecular flexibility index (Phi) is 10.3. The highest BCUT2D eigenvalue weighted by atomic mass is 127. The van der Waals surface area contributed by atoms with E-state index >= 15 is 0 Å². The van der Waals surface area contributed by atoms with E-state index in [9.17, 15) is 28.0 Å². The minimum absolute atomic E-state index is 0.0761. The first kappa shape index (κ1) is 29.6. The van der Waals surface area contributed by atoms with Crippen molar-refractivity contribution < 1.29 is 32.7 Å². The number of amides is 3. The second-order valence-electron chi connectivity index (χ2n) is 8.87. The predicted octanol–water partition coefficient (Wildman–Crippen LogP) is 3.39. The van der Waals surface area contributed by atoms with Crippen molar-refractivity contribution in [3.63, 3.8) is 0 Å². The maximum absolute atomic E-state index is 14.9. The second kappa shape index (κ2) is 13.2. The molecular formula is C27H30F2IN3O5. The molecule has 2 heterocycles. The molecule has 2 aromatic rings. The molecular weight excluding hydrogens is 611 g/mol. The number of piperidine rings is 1. The Balaban J connectivity index is 0.00000195. The van der Waals surface area contributed by atoms with E-state index < -0.39 is 29.2 Å². The number of ketones is 1. The molecule has 0 spiro atoms. The van der Waals surface area contributed by atoms with Crippen LogP contribution in [0, 0.1) is 0 Å². The number of carbonyl (C=O) groups is 4. The van der Waals surface area contributed by atoms with Crippen molar-refractivity contribution in [3.8, 4) is 5.75 Å². The van der Waals surface area contributed by atoms with Gasteiger partial charge in [-0.3, -0.25) is 24.5 Å². The lowest BCUT2D eigenvalue weighted by Gasteiger charge is -2.29. The van der Waals surface area contributed by atoms with Gasteiger partial charge in [-0.25, -0.2) is 0 Å². The van der Waals surface area contributed by atoms with Gasteiger partial charge in [0, 0.05) is 37.1 Å². The number of ether oxygens (including phenoxy) is 1. The number of aryl methyl sites for hydroxylation is 1. The lowest BCUT2D eigenvalue weighted by Crippen LogP contribution is -2.52. The number of benzene rings is 2. The summed E-state index contributed by atoms with van der Waals surface area (Å²) in [6.45, 7) is 1.04. The molecule has 2 N–H and O–H groups in total. The van der Waals surface area contributed by atoms with Gasteiger partial charge in [0.2, 0.25) is 17.6 Å². The Morgan fingerprint density at radius 1 is 1.18 bits per heavy atom. The Bertz CT molecular complexity index is 1210. The molecule has 0 aliphatic carbocycles. The molecule has 1 fully saturated rings. The number of imide groups is 1. The van der Waals surface area contributed by atoms with Gasteiger partial charge in [-0.1, -0.05) is 46.9 Å². The lowest BCUT2D eigenvalue weighted by atomic mass is 9.97. The van der Waals surface area contributed by atoms with E-state index in [4.69, 9.17) is 4.74 Å². The number of likely N-dealkylation sites (N-methyl/N-ethyl adjacent to an activating group) is 1. The second-order valence-corrected chi connectivity index (χ2v) is 8.87. The maximum atomic E-state index is 14.9. The Morgan fingerprint density at radius 3 is 2.66 bits per heavy atom. The molecule has 0 aromatic heterocycles. The molecule has 38 heavy (non-hydrogen) atoms. The van der Waals surface area contributed by atoms with E-state index in [0.717, 1.165) is 0 Å². The summed E-state index contributed by atoms with van der Waals surface area (Å²) in [7, 11) is 1.75. The van der Waals surface area contributed by atoms with Gasteiger partial charge in [0.25, 0.3) is 5.91 Å². The number of halogens is 3. The molecule has 2 aromatic carbocycles. The summed E-state index contributed by atoms with van der Waals surface area (Å²) in [5.41, 5.74) is 1.30. The van der Waals surface area contributed by atoms with Crippen LogP contribution in [0.15, 0.2) is 42.5 Å². The number of carbonyl (C=O) groups excluding carboxylic acids is 4. The van der Waals surface area contributed by atoms with Crippen LogP contribution in [-0.2, 0) is 33.3 Å². The van der Waals surface area contributed by atoms with Gasteiger partial charge in [-0.2, -0.15) is 8.78 Å². The summed E-state index contributed by atoms with van der Waals surface area (Å²) >= 11 is 2.15. The third-order valence-corrected chi connectivity index (χ3v) is 6.40. The van der Waals surface area contributed by atoms with Crippen molar-refractivity contribution in [1.82, 2.24) is 15.5 Å². The lowest BCUT2D eigenvalue weighted by molar-refractivity contribution is -0.144. The topological polar surface area (TPSA) is 105 Å². The highest BCUT2D eigenvalue weighted by Crippen LogP contribution is 2.33. The number of nitrogens with zero attached hydrogens (tertiary/aromatic N) is 1. The summed E-state index contributed by atoms with van der Waals surface area (Å²) in [6.07, 6.45) is 0.0970. The van der Waals surface area contributed by atoms with Crippen LogP contribution in [0.25, 0.3) is 0 Å². The van der Waals surface area contributed by atoms with Crippen LogP contribution in [0.2, 0.25) is 0 Å². The normalized spacial score (nSPS) is 16.9. The number of rotatable bonds is 10. The molecule has 204 valence electrons. The van der Waals surface area contributed by atoms with Crippen molar-refractivity contribution in [2.24, 2.45) is 0 Å². The minimum Gasteiger partial charge on any atom is -0.492 e. The number of Topliss-reactive ketones (excluding diaryl/α,β-unsaturated/α-hetero) is 1. The SMILES string of the molecule is CI.CNCCOc1cccc(C(F)(F)C(=O)CCc2ccc3c(c2)CN(C2CCC(=O)NC2=O)C3=O)c1. The molecule has 0 bridgehead atoms. The Hall–Kier alpha value is -2.93. The number of alkyl halides is 3. The molecule has 0 radical (unpaired) electrons. The van der Waals surface area contributed by atoms with Crippen LogP contribution in [0.4, 0.5) is 8.78 Å². The van der Waals surface area contributed by atoms with E-state index in [1.807, 2.05) is 4.93 Å². The molecule has 1 atom stereocenters. The monoisotopic (exact) mass is 641 g/mol. The van der Waals surface area contributed by atoms with Gasteiger partial charge < -0.3 is 15.0 Å². The first-order valence-electron chi connectivity index (χ1n) is 12.1. The third-order valence-electron chi connectivity index (χ3n) is 6.40. The zero-order valence-corrected chi connectivity index (χ0v) is 23.3. The molecule has 3 amide bonds. The fraction of sp³-hybridized carbons (Fsp3) is 0.407. The van der Waals surface area contributed by atoms with Crippen LogP contribution in [-0.4, -0.2) is 59.6 Å². The van der Waals surface area contributed by atoms with Crippen LogP contribution >= 0.6 is 22.6 Å². The van der Waals surface area contributed by atoms with Crippen LogP contribution in [0.3, 0.4) is 0 Å². The smallest absolute Gasteiger partial charge is 0.330 e. The first-order chi connectivity index (χ1) is 18.2. The Labute approximate surface area is 233 Å². The molecule has 1 saturated heterocycles. The van der Waals surface area contributed by atoms with Crippen LogP contribution in [0.5, 0.6) is 5.75 Å². The number of nitrogens with one attached hydrogen (secondary N) is 2. The van der Waals surface area contributed by atoms with Crippen LogP contribution in [0.1, 0.15) is 46.3 Å². The average Bonchev–Trinajstić information content (AvgIpc) is 3.24. The standard InChI is InChI=1S/C26H27F2N3O5.CH3I/c1-29-11-12-36-19-4-2-3-18(14-19)26(27,28)22(32)9-6-16-5-7-20-17(13-16)15-31(25(20)35)21-8-10-23(33)30-24(21)34;1-2/h2-5,7,13-14,21,29H,6,8-12,15H2,1H3,(H,30,33,34);1H3. The first-order valence-corrected chi connectivity index (χ1v) is 14.3. The highest BCUT2D eigenvalue weighted by molar-refractivity contribution is 14.1. The summed E-state index contributed by atoms with van der Waals surface area (Å²) < 4.78 is 35.2. The Morgan fingerprint density at radius 2 is 1.95 bits per heavy atom. The van der Waals surface area contributed by atoms with Crippen molar-refractivity contribution >= 4 is 46.1 Å². The van der Waals surface area contributed by atoms with Gasteiger partial charge >= 0.3 is 5.92 Å². The third kappa shape index (κ3) is 6.73. The van der Waals surface area contributed by atoms with Crippen molar-refractivity contribution in [1.29, 1.82) is 0 Å². The molecule has 1 unspecified atom stereocenters. The number of hydrogen-bond donors (Lipinski definition) is 2. The highest BCUT2D eigenvalue weighted by Gasteiger charge is 2.41. The van der Waals surface area contributed by atoms with Crippen molar-refractivity contribution in [2.75, 3.05) is 25.1 Å². The summed E-state index contributed by atoms with van der Waals surface area (Å²) in [4.78, 5) is 52.3. The van der Waals surface area contributed by atoms with Crippen molar-refractivity contribution in [3.05, 3.63) is 64.7 Å². The average molecular weight is 641 g/mol. The zero-order valence-electron chi connectivity index (χ0n) is 21.2. The maximum Gasteiger partial charge on any atom is 0.330 e. The van der Waals surface area contributed by atoms with Gasteiger partial charge in [-0.05, 0) is 54.1 Å². The predicted molar refractivity (Wildman–Crippen MR) is 146 cm³/mol. The van der Waals surface area contributed by atoms with Gasteiger partial charge in [-0.15, -0.1) is 0 Å². The van der Waals surface area contributed by atoms with E-state index in [1.165, 1.54) is 23.1 Å². The quantitative estimate of drug-likeness (QED) is 0.179. The minimum atomic E-state index is -3.67. The fourth-order valence-electron chi connectivity index (χ4n) is 4.41.